The van der Waals surface area contributed by atoms with Crippen molar-refractivity contribution < 1.29 is 22.4 Å². The average Bonchev–Trinajstić information content (AvgIpc) is 3.16. The quantitative estimate of drug-likeness (QED) is 0.599. The lowest BCUT2D eigenvalue weighted by Gasteiger charge is -2.15. The summed E-state index contributed by atoms with van der Waals surface area (Å²) in [6.07, 6.45) is 0. The van der Waals surface area contributed by atoms with Crippen LogP contribution in [0.25, 0.3) is 11.5 Å². The van der Waals surface area contributed by atoms with Crippen LogP contribution in [0.1, 0.15) is 11.4 Å². The second-order valence-corrected chi connectivity index (χ2v) is 8.20. The Kier molecular flexibility index (Phi) is 5.66. The van der Waals surface area contributed by atoms with E-state index in [0.29, 0.717) is 17.1 Å². The number of methoxy groups -OCH3 is 2. The van der Waals surface area contributed by atoms with Crippen LogP contribution in [0, 0.1) is 6.92 Å². The highest BCUT2D eigenvalue weighted by Gasteiger charge is 2.23. The molecule has 0 N–H and O–H groups in total. The van der Waals surface area contributed by atoms with Crippen LogP contribution >= 0.6 is 0 Å². The topological polar surface area (TPSA) is 94.8 Å². The normalized spacial score (nSPS) is 11.6. The van der Waals surface area contributed by atoms with Gasteiger partial charge in [-0.2, -0.15) is 9.29 Å². The van der Waals surface area contributed by atoms with E-state index < -0.39 is 10.0 Å². The SMILES string of the molecule is COc1ccc(-c2nc(CN(C)S(=O)(=O)c3ccc(C)cc3)no2)cc1OC. The van der Waals surface area contributed by atoms with Crippen LogP contribution in [0.5, 0.6) is 11.5 Å². The molecule has 1 heterocycles. The lowest BCUT2D eigenvalue weighted by molar-refractivity contribution is 0.354. The maximum Gasteiger partial charge on any atom is 0.258 e. The van der Waals surface area contributed by atoms with Crippen LogP contribution in [0.15, 0.2) is 51.9 Å². The molecule has 148 valence electrons. The fourth-order valence-electron chi connectivity index (χ4n) is 2.58. The van der Waals surface area contributed by atoms with Crippen molar-refractivity contribution in [3.05, 3.63) is 53.9 Å². The van der Waals surface area contributed by atoms with Crippen molar-refractivity contribution in [1.82, 2.24) is 14.4 Å². The predicted molar refractivity (Wildman–Crippen MR) is 103 cm³/mol. The average molecular weight is 403 g/mol. The van der Waals surface area contributed by atoms with Gasteiger partial charge in [-0.25, -0.2) is 8.42 Å². The first-order valence-electron chi connectivity index (χ1n) is 8.43. The molecule has 0 amide bonds. The number of benzene rings is 2. The summed E-state index contributed by atoms with van der Waals surface area (Å²) in [5.74, 6) is 1.62. The number of ether oxygens (including phenoxy) is 2. The van der Waals surface area contributed by atoms with E-state index in [2.05, 4.69) is 10.1 Å². The zero-order valence-corrected chi connectivity index (χ0v) is 16.9. The minimum Gasteiger partial charge on any atom is -0.493 e. The molecule has 0 radical (unpaired) electrons. The predicted octanol–water partition coefficient (Wildman–Crippen LogP) is 2.88. The van der Waals surface area contributed by atoms with E-state index in [1.807, 2.05) is 6.92 Å². The fraction of sp³-hybridized carbons (Fsp3) is 0.263. The lowest BCUT2D eigenvalue weighted by Crippen LogP contribution is -2.27. The molecule has 28 heavy (non-hydrogen) atoms. The molecule has 2 aromatic carbocycles. The summed E-state index contributed by atoms with van der Waals surface area (Å²) >= 11 is 0. The molecule has 0 bridgehead atoms. The Morgan fingerprint density at radius 2 is 1.71 bits per heavy atom. The molecule has 0 fully saturated rings. The van der Waals surface area contributed by atoms with Gasteiger partial charge in [0.15, 0.2) is 17.3 Å². The molecule has 0 atom stereocenters. The number of nitrogens with zero attached hydrogens (tertiary/aromatic N) is 3. The van der Waals surface area contributed by atoms with Gasteiger partial charge in [0.25, 0.3) is 5.89 Å². The van der Waals surface area contributed by atoms with E-state index in [1.54, 1.807) is 49.6 Å². The summed E-state index contributed by atoms with van der Waals surface area (Å²) < 4.78 is 42.3. The van der Waals surface area contributed by atoms with Crippen LogP contribution in [-0.4, -0.2) is 44.1 Å². The Morgan fingerprint density at radius 3 is 2.36 bits per heavy atom. The fourth-order valence-corrected chi connectivity index (χ4v) is 3.70. The van der Waals surface area contributed by atoms with Gasteiger partial charge in [-0.15, -0.1) is 0 Å². The maximum absolute atomic E-state index is 12.7. The molecule has 0 aliphatic heterocycles. The molecule has 0 unspecified atom stereocenters. The summed E-state index contributed by atoms with van der Waals surface area (Å²) in [5, 5.41) is 3.89. The van der Waals surface area contributed by atoms with Crippen molar-refractivity contribution in [1.29, 1.82) is 0 Å². The summed E-state index contributed by atoms with van der Waals surface area (Å²) in [5.41, 5.74) is 1.62. The molecule has 0 aliphatic carbocycles. The molecule has 0 aliphatic rings. The maximum atomic E-state index is 12.7. The standard InChI is InChI=1S/C19H21N3O5S/c1-13-5-8-15(9-6-13)28(23,24)22(2)12-18-20-19(27-21-18)14-7-10-16(25-3)17(11-14)26-4/h5-11H,12H2,1-4H3. The second-order valence-electron chi connectivity index (χ2n) is 6.16. The van der Waals surface area contributed by atoms with Crippen molar-refractivity contribution in [3.8, 4) is 23.0 Å². The van der Waals surface area contributed by atoms with Crippen molar-refractivity contribution in [2.75, 3.05) is 21.3 Å². The Bertz CT molecular complexity index is 1060. The molecule has 0 saturated heterocycles. The second kappa shape index (κ2) is 7.99. The number of sulfonamides is 1. The number of hydrogen-bond acceptors (Lipinski definition) is 7. The molecule has 3 aromatic rings. The third-order valence-corrected chi connectivity index (χ3v) is 6.01. The Balaban J connectivity index is 1.80. The van der Waals surface area contributed by atoms with E-state index in [4.69, 9.17) is 14.0 Å². The van der Waals surface area contributed by atoms with Gasteiger partial charge in [-0.3, -0.25) is 0 Å². The van der Waals surface area contributed by atoms with Gasteiger partial charge < -0.3 is 14.0 Å². The van der Waals surface area contributed by atoms with Crippen LogP contribution < -0.4 is 9.47 Å². The Labute approximate surface area is 163 Å². The Hall–Kier alpha value is -2.91. The molecule has 9 heteroatoms. The first-order chi connectivity index (χ1) is 13.3. The molecular formula is C19H21N3O5S. The lowest BCUT2D eigenvalue weighted by atomic mass is 10.2. The summed E-state index contributed by atoms with van der Waals surface area (Å²) in [6, 6.07) is 11.9. The van der Waals surface area contributed by atoms with Gasteiger partial charge in [0.2, 0.25) is 10.0 Å². The van der Waals surface area contributed by atoms with Crippen LogP contribution in [0.3, 0.4) is 0 Å². The molecule has 0 spiro atoms. The van der Waals surface area contributed by atoms with E-state index in [9.17, 15) is 8.42 Å². The van der Waals surface area contributed by atoms with E-state index >= 15 is 0 Å². The van der Waals surface area contributed by atoms with E-state index in [0.717, 1.165) is 5.56 Å². The highest BCUT2D eigenvalue weighted by molar-refractivity contribution is 7.89. The first kappa shape index (κ1) is 19.8. The van der Waals surface area contributed by atoms with Crippen molar-refractivity contribution in [2.45, 2.75) is 18.4 Å². The van der Waals surface area contributed by atoms with Crippen molar-refractivity contribution in [3.63, 3.8) is 0 Å². The van der Waals surface area contributed by atoms with Crippen molar-refractivity contribution >= 4 is 10.0 Å². The van der Waals surface area contributed by atoms with Crippen LogP contribution in [0.2, 0.25) is 0 Å². The number of aryl methyl sites for hydroxylation is 1. The first-order valence-corrected chi connectivity index (χ1v) is 9.87. The van der Waals surface area contributed by atoms with Crippen LogP contribution in [-0.2, 0) is 16.6 Å². The van der Waals surface area contributed by atoms with E-state index in [-0.39, 0.29) is 23.2 Å². The van der Waals surface area contributed by atoms with Gasteiger partial charge in [-0.1, -0.05) is 22.9 Å². The minimum absolute atomic E-state index is 0.0208. The number of rotatable bonds is 7. The molecule has 3 rings (SSSR count). The van der Waals surface area contributed by atoms with Crippen LogP contribution in [0.4, 0.5) is 0 Å². The molecule has 1 aromatic heterocycles. The number of aromatic nitrogens is 2. The third kappa shape index (κ3) is 4.00. The Morgan fingerprint density at radius 1 is 1.04 bits per heavy atom. The minimum atomic E-state index is -3.65. The number of hydrogen-bond donors (Lipinski definition) is 0. The largest absolute Gasteiger partial charge is 0.493 e. The monoisotopic (exact) mass is 403 g/mol. The zero-order chi connectivity index (χ0) is 20.3. The van der Waals surface area contributed by atoms with Gasteiger partial charge in [0.1, 0.15) is 0 Å². The molecule has 0 saturated carbocycles. The van der Waals surface area contributed by atoms with Gasteiger partial charge in [0, 0.05) is 12.6 Å². The molecular weight excluding hydrogens is 382 g/mol. The van der Waals surface area contributed by atoms with E-state index in [1.165, 1.54) is 18.5 Å². The highest BCUT2D eigenvalue weighted by Crippen LogP contribution is 2.31. The zero-order valence-electron chi connectivity index (χ0n) is 16.0. The van der Waals surface area contributed by atoms with Gasteiger partial charge >= 0.3 is 0 Å². The summed E-state index contributed by atoms with van der Waals surface area (Å²) in [4.78, 5) is 4.50. The highest BCUT2D eigenvalue weighted by atomic mass is 32.2. The van der Waals surface area contributed by atoms with Gasteiger partial charge in [-0.05, 0) is 37.3 Å². The molecule has 8 nitrogen and oxygen atoms in total. The smallest absolute Gasteiger partial charge is 0.258 e. The van der Waals surface area contributed by atoms with Crippen molar-refractivity contribution in [2.24, 2.45) is 0 Å². The van der Waals surface area contributed by atoms with Gasteiger partial charge in [0.05, 0.1) is 25.7 Å². The summed E-state index contributed by atoms with van der Waals surface area (Å²) in [6.45, 7) is 1.88. The third-order valence-electron chi connectivity index (χ3n) is 4.19. The summed E-state index contributed by atoms with van der Waals surface area (Å²) in [7, 11) is 0.902.